The van der Waals surface area contributed by atoms with E-state index in [2.05, 4.69) is 21.2 Å². The highest BCUT2D eigenvalue weighted by molar-refractivity contribution is 9.10. The van der Waals surface area contributed by atoms with Crippen LogP contribution >= 0.6 is 27.5 Å². The summed E-state index contributed by atoms with van der Waals surface area (Å²) in [7, 11) is 0. The molecule has 0 aromatic heterocycles. The van der Waals surface area contributed by atoms with Crippen LogP contribution in [0.2, 0.25) is 0 Å². The summed E-state index contributed by atoms with van der Waals surface area (Å²) in [6, 6.07) is 4.78. The lowest BCUT2D eigenvalue weighted by molar-refractivity contribution is 0.0947. The predicted molar refractivity (Wildman–Crippen MR) is 75.1 cm³/mol. The maximum atomic E-state index is 11.9. The van der Waals surface area contributed by atoms with E-state index in [9.17, 15) is 9.90 Å². The van der Waals surface area contributed by atoms with Crippen molar-refractivity contribution in [1.82, 2.24) is 5.32 Å². The second-order valence-corrected chi connectivity index (χ2v) is 6.00. The van der Waals surface area contributed by atoms with E-state index in [-0.39, 0.29) is 17.0 Å². The number of phenols is 1. The van der Waals surface area contributed by atoms with Crippen LogP contribution in [0.15, 0.2) is 22.7 Å². The molecule has 1 amide bonds. The molecule has 0 aliphatic heterocycles. The van der Waals surface area contributed by atoms with Gasteiger partial charge in [0.2, 0.25) is 0 Å². The Kier molecular flexibility index (Phi) is 4.51. The number of hydrogen-bond donors (Lipinski definition) is 2. The summed E-state index contributed by atoms with van der Waals surface area (Å²) in [4.78, 5) is 11.9. The highest BCUT2D eigenvalue weighted by Gasteiger charge is 2.25. The van der Waals surface area contributed by atoms with E-state index in [0.717, 1.165) is 19.3 Å². The number of rotatable bonds is 3. The van der Waals surface area contributed by atoms with Crippen molar-refractivity contribution < 1.29 is 9.90 Å². The van der Waals surface area contributed by atoms with Crippen molar-refractivity contribution in [2.24, 2.45) is 5.92 Å². The van der Waals surface area contributed by atoms with Crippen LogP contribution in [0.4, 0.5) is 0 Å². The maximum Gasteiger partial charge on any atom is 0.251 e. The summed E-state index contributed by atoms with van der Waals surface area (Å²) >= 11 is 9.34. The second kappa shape index (κ2) is 5.93. The molecule has 18 heavy (non-hydrogen) atoms. The molecule has 0 spiro atoms. The predicted octanol–water partition coefficient (Wildman–Crippen LogP) is 3.29. The van der Waals surface area contributed by atoms with Crippen LogP contribution in [0.3, 0.4) is 0 Å². The van der Waals surface area contributed by atoms with Crippen LogP contribution in [-0.2, 0) is 0 Å². The molecule has 1 aliphatic carbocycles. The molecule has 1 aliphatic rings. The Balaban J connectivity index is 1.93. The number of carbonyl (C=O) groups is 1. The summed E-state index contributed by atoms with van der Waals surface area (Å²) in [5, 5.41) is 12.6. The largest absolute Gasteiger partial charge is 0.507 e. The number of nitrogens with one attached hydrogen (secondary N) is 1. The monoisotopic (exact) mass is 331 g/mol. The normalized spacial score (nSPS) is 23.0. The van der Waals surface area contributed by atoms with E-state index in [1.165, 1.54) is 6.07 Å². The van der Waals surface area contributed by atoms with Crippen LogP contribution in [-0.4, -0.2) is 22.9 Å². The van der Waals surface area contributed by atoms with E-state index in [0.29, 0.717) is 22.5 Å². The van der Waals surface area contributed by atoms with E-state index in [1.54, 1.807) is 12.1 Å². The summed E-state index contributed by atoms with van der Waals surface area (Å²) in [5.74, 6) is 0.256. The van der Waals surface area contributed by atoms with Gasteiger partial charge in [-0.2, -0.15) is 0 Å². The molecule has 1 saturated carbocycles. The first kappa shape index (κ1) is 13.7. The third kappa shape index (κ3) is 3.18. The van der Waals surface area contributed by atoms with Crippen LogP contribution in [0.25, 0.3) is 0 Å². The van der Waals surface area contributed by atoms with Gasteiger partial charge in [-0.15, -0.1) is 11.6 Å². The van der Waals surface area contributed by atoms with Gasteiger partial charge in [-0.1, -0.05) is 6.42 Å². The Hall–Kier alpha value is -0.740. The molecule has 0 radical (unpaired) electrons. The lowest BCUT2D eigenvalue weighted by Gasteiger charge is -2.14. The summed E-state index contributed by atoms with van der Waals surface area (Å²) < 4.78 is 0.579. The molecule has 1 aromatic rings. The van der Waals surface area contributed by atoms with Crippen molar-refractivity contribution in [2.45, 2.75) is 24.6 Å². The van der Waals surface area contributed by atoms with Crippen molar-refractivity contribution in [3.05, 3.63) is 28.2 Å². The molecular weight excluding hydrogens is 318 g/mol. The molecule has 2 atom stereocenters. The Bertz CT molecular complexity index is 453. The first-order valence-electron chi connectivity index (χ1n) is 5.98. The zero-order chi connectivity index (χ0) is 13.1. The zero-order valence-electron chi connectivity index (χ0n) is 9.83. The highest BCUT2D eigenvalue weighted by Crippen LogP contribution is 2.29. The smallest absolute Gasteiger partial charge is 0.251 e. The van der Waals surface area contributed by atoms with Crippen molar-refractivity contribution >= 4 is 33.4 Å². The van der Waals surface area contributed by atoms with Gasteiger partial charge < -0.3 is 10.4 Å². The van der Waals surface area contributed by atoms with Crippen LogP contribution < -0.4 is 5.32 Å². The highest BCUT2D eigenvalue weighted by atomic mass is 79.9. The van der Waals surface area contributed by atoms with Crippen LogP contribution in [0, 0.1) is 5.92 Å². The van der Waals surface area contributed by atoms with Gasteiger partial charge in [-0.25, -0.2) is 0 Å². The molecule has 0 bridgehead atoms. The van der Waals surface area contributed by atoms with E-state index in [4.69, 9.17) is 11.6 Å². The number of aromatic hydroxyl groups is 1. The first-order valence-corrected chi connectivity index (χ1v) is 7.21. The van der Waals surface area contributed by atoms with E-state index < -0.39 is 0 Å². The fourth-order valence-corrected chi connectivity index (χ4v) is 2.82. The molecule has 3 nitrogen and oxygen atoms in total. The van der Waals surface area contributed by atoms with Gasteiger partial charge in [0.25, 0.3) is 5.91 Å². The Morgan fingerprint density at radius 3 is 2.89 bits per heavy atom. The summed E-state index contributed by atoms with van der Waals surface area (Å²) in [6.07, 6.45) is 3.23. The molecular formula is C13H15BrClNO2. The fraction of sp³-hybridized carbons (Fsp3) is 0.462. The van der Waals surface area contributed by atoms with Crippen LogP contribution in [0.5, 0.6) is 5.75 Å². The van der Waals surface area contributed by atoms with Crippen molar-refractivity contribution in [3.8, 4) is 5.75 Å². The number of benzene rings is 1. The van der Waals surface area contributed by atoms with Gasteiger partial charge in [-0.05, 0) is 52.9 Å². The van der Waals surface area contributed by atoms with Crippen molar-refractivity contribution in [2.75, 3.05) is 6.54 Å². The van der Waals surface area contributed by atoms with Gasteiger partial charge in [0.15, 0.2) is 0 Å². The van der Waals surface area contributed by atoms with Crippen molar-refractivity contribution in [1.29, 1.82) is 0 Å². The average molecular weight is 333 g/mol. The van der Waals surface area contributed by atoms with Crippen LogP contribution in [0.1, 0.15) is 29.6 Å². The average Bonchev–Trinajstić information content (AvgIpc) is 2.75. The van der Waals surface area contributed by atoms with Gasteiger partial charge in [-0.3, -0.25) is 4.79 Å². The molecule has 0 saturated heterocycles. The molecule has 2 N–H and O–H groups in total. The lowest BCUT2D eigenvalue weighted by atomic mass is 10.1. The lowest BCUT2D eigenvalue weighted by Crippen LogP contribution is -2.31. The number of halogens is 2. The molecule has 1 fully saturated rings. The minimum atomic E-state index is -0.173. The van der Waals surface area contributed by atoms with Gasteiger partial charge in [0, 0.05) is 17.5 Å². The molecule has 2 rings (SSSR count). The number of amides is 1. The zero-order valence-corrected chi connectivity index (χ0v) is 12.2. The SMILES string of the molecule is O=C(NCC1CCCC1Cl)c1ccc(Br)c(O)c1. The molecule has 2 unspecified atom stereocenters. The van der Waals surface area contributed by atoms with Gasteiger partial charge >= 0.3 is 0 Å². The molecule has 5 heteroatoms. The molecule has 0 heterocycles. The van der Waals surface area contributed by atoms with Gasteiger partial charge in [0.1, 0.15) is 5.75 Å². The number of carbonyl (C=O) groups excluding carboxylic acids is 1. The minimum Gasteiger partial charge on any atom is -0.507 e. The van der Waals surface area contributed by atoms with E-state index >= 15 is 0 Å². The second-order valence-electron chi connectivity index (χ2n) is 4.58. The summed E-state index contributed by atoms with van der Waals surface area (Å²) in [5.41, 5.74) is 0.458. The number of hydrogen-bond acceptors (Lipinski definition) is 2. The topological polar surface area (TPSA) is 49.3 Å². The minimum absolute atomic E-state index is 0.0683. The Labute approximate surface area is 120 Å². The Morgan fingerprint density at radius 1 is 1.50 bits per heavy atom. The van der Waals surface area contributed by atoms with Crippen molar-refractivity contribution in [3.63, 3.8) is 0 Å². The molecule has 1 aromatic carbocycles. The first-order chi connectivity index (χ1) is 8.58. The number of alkyl halides is 1. The Morgan fingerprint density at radius 2 is 2.28 bits per heavy atom. The quantitative estimate of drug-likeness (QED) is 0.835. The number of phenolic OH excluding ortho intramolecular Hbond substituents is 1. The maximum absolute atomic E-state index is 11.9. The standard InChI is InChI=1S/C13H15BrClNO2/c14-10-5-4-8(6-12(10)17)13(18)16-7-9-2-1-3-11(9)15/h4-6,9,11,17H,1-3,7H2,(H,16,18). The third-order valence-electron chi connectivity index (χ3n) is 3.30. The molecule has 98 valence electrons. The summed E-state index contributed by atoms with van der Waals surface area (Å²) in [6.45, 7) is 0.601. The van der Waals surface area contributed by atoms with E-state index in [1.807, 2.05) is 0 Å². The van der Waals surface area contributed by atoms with Gasteiger partial charge in [0.05, 0.1) is 4.47 Å². The fourth-order valence-electron chi connectivity index (χ4n) is 2.20. The third-order valence-corrected chi connectivity index (χ3v) is 4.54.